The van der Waals surface area contributed by atoms with E-state index in [1.807, 2.05) is 0 Å². The summed E-state index contributed by atoms with van der Waals surface area (Å²) in [5.74, 6) is 0.492. The third kappa shape index (κ3) is 1.31. The molecule has 2 saturated carbocycles. The fourth-order valence-electron chi connectivity index (χ4n) is 3.49. The van der Waals surface area contributed by atoms with Crippen molar-refractivity contribution in [2.24, 2.45) is 11.3 Å². The van der Waals surface area contributed by atoms with Crippen molar-refractivity contribution in [3.63, 3.8) is 0 Å². The summed E-state index contributed by atoms with van der Waals surface area (Å²) in [4.78, 5) is 0. The van der Waals surface area contributed by atoms with Gasteiger partial charge in [-0.2, -0.15) is 0 Å². The van der Waals surface area contributed by atoms with Gasteiger partial charge in [0.2, 0.25) is 0 Å². The minimum absolute atomic E-state index is 0.0705. The molecule has 4 unspecified atom stereocenters. The first-order chi connectivity index (χ1) is 6.18. The average molecular weight is 184 g/mol. The van der Waals surface area contributed by atoms with E-state index in [0.29, 0.717) is 12.0 Å². The van der Waals surface area contributed by atoms with Gasteiger partial charge in [-0.3, -0.25) is 0 Å². The first-order valence-electron chi connectivity index (χ1n) is 5.39. The highest BCUT2D eigenvalue weighted by atomic mass is 16.5. The molecule has 76 valence electrons. The van der Waals surface area contributed by atoms with E-state index < -0.39 is 0 Å². The van der Waals surface area contributed by atoms with Crippen LogP contribution in [0.5, 0.6) is 0 Å². The Bertz CT molecular complexity index is 193. The molecule has 0 saturated heterocycles. The number of aliphatic hydroxyl groups is 1. The molecule has 0 amide bonds. The number of ether oxygens (including phenoxy) is 1. The van der Waals surface area contributed by atoms with Gasteiger partial charge in [-0.1, -0.05) is 13.3 Å². The molecule has 0 radical (unpaired) electrons. The lowest BCUT2D eigenvalue weighted by Crippen LogP contribution is -2.42. The van der Waals surface area contributed by atoms with E-state index in [4.69, 9.17) is 4.74 Å². The van der Waals surface area contributed by atoms with E-state index in [2.05, 4.69) is 6.92 Å². The van der Waals surface area contributed by atoms with Gasteiger partial charge < -0.3 is 9.84 Å². The molecule has 2 aliphatic carbocycles. The van der Waals surface area contributed by atoms with Crippen LogP contribution >= 0.6 is 0 Å². The van der Waals surface area contributed by atoms with Gasteiger partial charge in [0.15, 0.2) is 0 Å². The van der Waals surface area contributed by atoms with E-state index in [1.165, 1.54) is 6.42 Å². The fourth-order valence-corrected chi connectivity index (χ4v) is 3.49. The third-order valence-corrected chi connectivity index (χ3v) is 4.29. The maximum absolute atomic E-state index is 9.90. The number of fused-ring (bicyclic) bond motifs is 1. The average Bonchev–Trinajstić information content (AvgIpc) is 2.43. The SMILES string of the molecule is COC1CCC2C(O)CCCC12C. The smallest absolute Gasteiger partial charge is 0.0628 e. The highest BCUT2D eigenvalue weighted by Crippen LogP contribution is 2.52. The molecule has 4 atom stereocenters. The van der Waals surface area contributed by atoms with Gasteiger partial charge in [0.05, 0.1) is 12.2 Å². The number of aliphatic hydroxyl groups excluding tert-OH is 1. The van der Waals surface area contributed by atoms with Crippen LogP contribution in [0.25, 0.3) is 0 Å². The molecular weight excluding hydrogens is 164 g/mol. The van der Waals surface area contributed by atoms with Crippen LogP contribution in [0.15, 0.2) is 0 Å². The van der Waals surface area contributed by atoms with Crippen LogP contribution in [0.4, 0.5) is 0 Å². The Hall–Kier alpha value is -0.0800. The Morgan fingerprint density at radius 2 is 2.08 bits per heavy atom. The summed E-state index contributed by atoms with van der Waals surface area (Å²) in [5, 5.41) is 9.90. The quantitative estimate of drug-likeness (QED) is 0.675. The Labute approximate surface area is 80.3 Å². The molecule has 2 fully saturated rings. The van der Waals surface area contributed by atoms with Gasteiger partial charge in [0.1, 0.15) is 0 Å². The molecule has 0 aromatic heterocycles. The summed E-state index contributed by atoms with van der Waals surface area (Å²) in [6.07, 6.45) is 5.98. The first-order valence-corrected chi connectivity index (χ1v) is 5.39. The zero-order chi connectivity index (χ0) is 9.47. The third-order valence-electron chi connectivity index (χ3n) is 4.29. The molecule has 1 N–H and O–H groups in total. The molecule has 0 aliphatic heterocycles. The number of methoxy groups -OCH3 is 1. The molecule has 2 rings (SSSR count). The summed E-state index contributed by atoms with van der Waals surface area (Å²) >= 11 is 0. The molecule has 0 aromatic rings. The van der Waals surface area contributed by atoms with Crippen LogP contribution in [0.3, 0.4) is 0 Å². The zero-order valence-corrected chi connectivity index (χ0v) is 8.62. The van der Waals surface area contributed by atoms with E-state index in [9.17, 15) is 5.11 Å². The second kappa shape index (κ2) is 3.25. The van der Waals surface area contributed by atoms with Crippen molar-refractivity contribution >= 4 is 0 Å². The van der Waals surface area contributed by atoms with Crippen LogP contribution in [0, 0.1) is 11.3 Å². The molecule has 0 aromatic carbocycles. The molecular formula is C11H20O2. The summed E-state index contributed by atoms with van der Waals surface area (Å²) in [7, 11) is 1.80. The van der Waals surface area contributed by atoms with Crippen LogP contribution in [0.2, 0.25) is 0 Å². The van der Waals surface area contributed by atoms with Crippen LogP contribution in [-0.2, 0) is 4.74 Å². The molecule has 0 bridgehead atoms. The lowest BCUT2D eigenvalue weighted by atomic mass is 9.67. The Kier molecular flexibility index (Phi) is 2.37. The predicted octanol–water partition coefficient (Wildman–Crippen LogP) is 1.96. The van der Waals surface area contributed by atoms with Gasteiger partial charge in [0, 0.05) is 7.11 Å². The van der Waals surface area contributed by atoms with Crippen molar-refractivity contribution < 1.29 is 9.84 Å². The van der Waals surface area contributed by atoms with Gasteiger partial charge in [-0.15, -0.1) is 0 Å². The monoisotopic (exact) mass is 184 g/mol. The normalized spacial score (nSPS) is 50.5. The number of hydrogen-bond donors (Lipinski definition) is 1. The summed E-state index contributed by atoms with van der Waals surface area (Å²) in [6.45, 7) is 2.29. The summed E-state index contributed by atoms with van der Waals surface area (Å²) < 4.78 is 5.52. The molecule has 0 spiro atoms. The Morgan fingerprint density at radius 1 is 1.31 bits per heavy atom. The summed E-state index contributed by atoms with van der Waals surface area (Å²) in [5.41, 5.74) is 0.256. The number of rotatable bonds is 1. The van der Waals surface area contributed by atoms with Gasteiger partial charge in [-0.25, -0.2) is 0 Å². The predicted molar refractivity (Wildman–Crippen MR) is 51.5 cm³/mol. The first kappa shape index (κ1) is 9.47. The highest BCUT2D eigenvalue weighted by Gasteiger charge is 2.51. The van der Waals surface area contributed by atoms with Crippen LogP contribution in [-0.4, -0.2) is 24.4 Å². The Balaban J connectivity index is 2.18. The van der Waals surface area contributed by atoms with E-state index in [0.717, 1.165) is 25.7 Å². The van der Waals surface area contributed by atoms with Crippen LogP contribution in [0.1, 0.15) is 39.0 Å². The van der Waals surface area contributed by atoms with Crippen molar-refractivity contribution in [3.05, 3.63) is 0 Å². The largest absolute Gasteiger partial charge is 0.393 e. The second-order valence-electron chi connectivity index (χ2n) is 4.87. The van der Waals surface area contributed by atoms with Gasteiger partial charge >= 0.3 is 0 Å². The zero-order valence-electron chi connectivity index (χ0n) is 8.62. The molecule has 2 aliphatic rings. The minimum atomic E-state index is -0.0705. The van der Waals surface area contributed by atoms with Crippen molar-refractivity contribution in [3.8, 4) is 0 Å². The van der Waals surface area contributed by atoms with E-state index in [-0.39, 0.29) is 11.5 Å². The highest BCUT2D eigenvalue weighted by molar-refractivity contribution is 5.01. The fraction of sp³-hybridized carbons (Fsp3) is 1.00. The topological polar surface area (TPSA) is 29.5 Å². The van der Waals surface area contributed by atoms with Crippen molar-refractivity contribution in [2.75, 3.05) is 7.11 Å². The Morgan fingerprint density at radius 3 is 2.77 bits per heavy atom. The maximum atomic E-state index is 9.90. The molecule has 0 heterocycles. The van der Waals surface area contributed by atoms with E-state index in [1.54, 1.807) is 7.11 Å². The van der Waals surface area contributed by atoms with Gasteiger partial charge in [-0.05, 0) is 37.0 Å². The second-order valence-corrected chi connectivity index (χ2v) is 4.87. The molecule has 13 heavy (non-hydrogen) atoms. The molecule has 2 heteroatoms. The van der Waals surface area contributed by atoms with Crippen molar-refractivity contribution in [1.82, 2.24) is 0 Å². The summed E-state index contributed by atoms with van der Waals surface area (Å²) in [6, 6.07) is 0. The lowest BCUT2D eigenvalue weighted by Gasteiger charge is -2.42. The lowest BCUT2D eigenvalue weighted by molar-refractivity contribution is -0.0631. The van der Waals surface area contributed by atoms with Gasteiger partial charge in [0.25, 0.3) is 0 Å². The standard InChI is InChI=1S/C11H20O2/c1-11-7-3-4-9(12)8(11)5-6-10(11)13-2/h8-10,12H,3-7H2,1-2H3. The minimum Gasteiger partial charge on any atom is -0.393 e. The van der Waals surface area contributed by atoms with Crippen LogP contribution < -0.4 is 0 Å². The number of hydrogen-bond acceptors (Lipinski definition) is 2. The maximum Gasteiger partial charge on any atom is 0.0628 e. The van der Waals surface area contributed by atoms with E-state index >= 15 is 0 Å². The van der Waals surface area contributed by atoms with Crippen molar-refractivity contribution in [1.29, 1.82) is 0 Å². The molecule has 2 nitrogen and oxygen atoms in total. The van der Waals surface area contributed by atoms with Crippen molar-refractivity contribution in [2.45, 2.75) is 51.2 Å².